The lowest BCUT2D eigenvalue weighted by molar-refractivity contribution is -0.153. The Bertz CT molecular complexity index is 1410. The van der Waals surface area contributed by atoms with Gasteiger partial charge in [-0.25, -0.2) is 9.78 Å². The number of anilines is 2. The zero-order chi connectivity index (χ0) is 30.4. The fraction of sp³-hybridized carbons (Fsp3) is 0.448. The van der Waals surface area contributed by atoms with Gasteiger partial charge in [0, 0.05) is 17.1 Å². The van der Waals surface area contributed by atoms with Crippen molar-refractivity contribution in [1.82, 2.24) is 15.6 Å². The quantitative estimate of drug-likeness (QED) is 0.219. The van der Waals surface area contributed by atoms with Gasteiger partial charge in [0.15, 0.2) is 0 Å². The fourth-order valence-electron chi connectivity index (χ4n) is 4.24. The number of hydrogen-bond donors (Lipinski definition) is 4. The molecule has 4 rings (SSSR count). The number of cyclic esters (lactones) is 1. The largest absolute Gasteiger partial charge is 0.456 e. The van der Waals surface area contributed by atoms with Crippen LogP contribution in [0.3, 0.4) is 0 Å². The van der Waals surface area contributed by atoms with E-state index < -0.39 is 29.6 Å². The van der Waals surface area contributed by atoms with Crippen LogP contribution in [0.2, 0.25) is 0 Å². The average Bonchev–Trinajstić information content (AvgIpc) is 3.58. The number of esters is 1. The van der Waals surface area contributed by atoms with Gasteiger partial charge in [-0.1, -0.05) is 39.0 Å². The number of nitrogens with one attached hydrogen (secondary N) is 3. The summed E-state index contributed by atoms with van der Waals surface area (Å²) in [6.45, 7) is 7.31. The monoisotopic (exact) mass is 612 g/mol. The molecule has 4 bridgehead atoms. The maximum Gasteiger partial charge on any atom is 0.329 e. The first-order valence-corrected chi connectivity index (χ1v) is 15.6. The molecule has 11 nitrogen and oxygen atoms in total. The zero-order valence-corrected chi connectivity index (χ0v) is 25.6. The molecule has 2 aromatic rings. The first kappa shape index (κ1) is 31.2. The van der Waals surface area contributed by atoms with Crippen LogP contribution >= 0.6 is 23.1 Å². The summed E-state index contributed by atoms with van der Waals surface area (Å²) in [6.07, 6.45) is 2.59. The number of ether oxygens (including phenoxy) is 1. The number of aliphatic imine (C=N–C) groups is 1. The van der Waals surface area contributed by atoms with E-state index in [9.17, 15) is 19.2 Å². The highest BCUT2D eigenvalue weighted by Crippen LogP contribution is 2.32. The molecule has 3 amide bonds. The minimum atomic E-state index is -1.07. The molecule has 2 aliphatic rings. The van der Waals surface area contributed by atoms with E-state index >= 15 is 0 Å². The number of rotatable bonds is 6. The van der Waals surface area contributed by atoms with Gasteiger partial charge in [0.05, 0.1) is 24.3 Å². The number of thioether (sulfide) groups is 1. The number of para-hydroxylation sites is 2. The number of amides is 3. The van der Waals surface area contributed by atoms with Crippen LogP contribution in [0.1, 0.15) is 51.2 Å². The van der Waals surface area contributed by atoms with Crippen LogP contribution in [-0.2, 0) is 30.5 Å². The number of nitrogens with zero attached hydrogens (tertiary/aromatic N) is 2. The lowest BCUT2D eigenvalue weighted by atomic mass is 10.00. The standard InChI is InChI=1S/C29H36N6O5S2/c1-16(2)24-27(38)40-18(9-7-8-17(3)25(37)33-20-11-6-5-10-19(20)30)12-22(36)31-13-23-32-21(14-41-23)26-35-29(4,15-42-26)28(39)34-24/h5-7,9-11,14,16-18,24H,8,12-13,15,30H2,1-4H3,(H,31,36)(H,33,37)(H,34,39)/b9-7+/t17?,18?,24?,29-/m0/s1. The maximum atomic E-state index is 13.3. The Hall–Kier alpha value is -3.71. The lowest BCUT2D eigenvalue weighted by Gasteiger charge is -2.27. The van der Waals surface area contributed by atoms with Crippen LogP contribution in [0.25, 0.3) is 0 Å². The molecule has 4 atom stereocenters. The fourth-order valence-corrected chi connectivity index (χ4v) is 6.16. The van der Waals surface area contributed by atoms with Crippen LogP contribution in [0.4, 0.5) is 11.4 Å². The topological polar surface area (TPSA) is 165 Å². The Morgan fingerprint density at radius 2 is 2.02 bits per heavy atom. The molecule has 0 radical (unpaired) electrons. The molecule has 3 unspecified atom stereocenters. The van der Waals surface area contributed by atoms with Gasteiger partial charge in [-0.2, -0.15) is 0 Å². The van der Waals surface area contributed by atoms with E-state index in [1.807, 2.05) is 5.38 Å². The number of fused-ring (bicyclic) bond motifs is 4. The van der Waals surface area contributed by atoms with E-state index in [0.29, 0.717) is 39.3 Å². The van der Waals surface area contributed by atoms with Gasteiger partial charge in [-0.15, -0.1) is 23.1 Å². The predicted molar refractivity (Wildman–Crippen MR) is 165 cm³/mol. The summed E-state index contributed by atoms with van der Waals surface area (Å²) < 4.78 is 5.77. The first-order chi connectivity index (χ1) is 19.9. The van der Waals surface area contributed by atoms with E-state index in [0.717, 1.165) is 0 Å². The second-order valence-corrected chi connectivity index (χ2v) is 12.8. The van der Waals surface area contributed by atoms with Gasteiger partial charge in [0.1, 0.15) is 33.4 Å². The Labute approximate surface area is 253 Å². The number of carbonyl (C=O) groups excluding carboxylic acids is 4. The van der Waals surface area contributed by atoms with Gasteiger partial charge in [-0.3, -0.25) is 19.4 Å². The molecule has 2 aliphatic heterocycles. The molecular formula is C29H36N6O5S2. The third-order valence-corrected chi connectivity index (χ3v) is 9.03. The first-order valence-electron chi connectivity index (χ1n) is 13.7. The Balaban J connectivity index is 1.50. The molecule has 1 aromatic carbocycles. The number of hydrogen-bond acceptors (Lipinski definition) is 10. The summed E-state index contributed by atoms with van der Waals surface area (Å²) in [6, 6.07) is 6.04. The summed E-state index contributed by atoms with van der Waals surface area (Å²) in [5, 5.41) is 11.7. The van der Waals surface area contributed by atoms with E-state index in [-0.39, 0.29) is 36.6 Å². The molecule has 13 heteroatoms. The second kappa shape index (κ2) is 13.5. The third kappa shape index (κ3) is 7.77. The smallest absolute Gasteiger partial charge is 0.329 e. The van der Waals surface area contributed by atoms with E-state index in [4.69, 9.17) is 10.5 Å². The highest BCUT2D eigenvalue weighted by atomic mass is 32.2. The van der Waals surface area contributed by atoms with Crippen LogP contribution in [0.15, 0.2) is 46.8 Å². The molecule has 0 fully saturated rings. The van der Waals surface area contributed by atoms with Crippen LogP contribution in [0.5, 0.6) is 0 Å². The Morgan fingerprint density at radius 3 is 2.76 bits per heavy atom. The van der Waals surface area contributed by atoms with E-state index in [2.05, 4.69) is 25.9 Å². The van der Waals surface area contributed by atoms with Crippen molar-refractivity contribution in [2.24, 2.45) is 16.8 Å². The molecule has 5 N–H and O–H groups in total. The van der Waals surface area contributed by atoms with Gasteiger partial charge in [0.2, 0.25) is 17.7 Å². The number of allylic oxidation sites excluding steroid dienone is 1. The molecule has 0 saturated carbocycles. The zero-order valence-electron chi connectivity index (χ0n) is 24.0. The minimum absolute atomic E-state index is 0.138. The highest BCUT2D eigenvalue weighted by molar-refractivity contribution is 8.14. The van der Waals surface area contributed by atoms with Crippen LogP contribution in [-0.4, -0.2) is 57.2 Å². The molecular weight excluding hydrogens is 576 g/mol. The normalized spacial score (nSPS) is 24.1. The third-order valence-electron chi connectivity index (χ3n) is 6.90. The summed E-state index contributed by atoms with van der Waals surface area (Å²) in [7, 11) is 0. The van der Waals surface area contributed by atoms with Crippen molar-refractivity contribution in [2.45, 2.75) is 64.8 Å². The average molecular weight is 613 g/mol. The highest BCUT2D eigenvalue weighted by Gasteiger charge is 2.41. The summed E-state index contributed by atoms with van der Waals surface area (Å²) in [5.74, 6) is -1.89. The van der Waals surface area contributed by atoms with Crippen molar-refractivity contribution in [2.75, 3.05) is 16.8 Å². The number of thiazole rings is 1. The second-order valence-electron chi connectivity index (χ2n) is 10.9. The molecule has 3 heterocycles. The maximum absolute atomic E-state index is 13.3. The van der Waals surface area contributed by atoms with Crippen LogP contribution < -0.4 is 21.7 Å². The van der Waals surface area contributed by atoms with E-state index in [1.54, 1.807) is 64.1 Å². The van der Waals surface area contributed by atoms with E-state index in [1.165, 1.54) is 23.1 Å². The summed E-state index contributed by atoms with van der Waals surface area (Å²) in [5.41, 5.74) is 6.51. The summed E-state index contributed by atoms with van der Waals surface area (Å²) in [4.78, 5) is 61.4. The van der Waals surface area contributed by atoms with Crippen molar-refractivity contribution in [3.63, 3.8) is 0 Å². The van der Waals surface area contributed by atoms with Gasteiger partial charge in [-0.05, 0) is 37.5 Å². The minimum Gasteiger partial charge on any atom is -0.456 e. The van der Waals surface area contributed by atoms with Crippen molar-refractivity contribution < 1.29 is 23.9 Å². The van der Waals surface area contributed by atoms with Crippen molar-refractivity contribution in [1.29, 1.82) is 0 Å². The molecule has 42 heavy (non-hydrogen) atoms. The SMILES string of the molecule is CC(C/C=C/C1CC(=O)NCc2nc(cs2)C2=N[C@@](C)(CS2)C(=O)NC(C(C)C)C(=O)O1)C(=O)Nc1ccccc1N. The predicted octanol–water partition coefficient (Wildman–Crippen LogP) is 3.27. The Morgan fingerprint density at radius 1 is 1.26 bits per heavy atom. The molecule has 0 saturated heterocycles. The van der Waals surface area contributed by atoms with Gasteiger partial charge in [0.25, 0.3) is 0 Å². The van der Waals surface area contributed by atoms with Crippen LogP contribution in [0, 0.1) is 11.8 Å². The lowest BCUT2D eigenvalue weighted by Crippen LogP contribution is -2.53. The van der Waals surface area contributed by atoms with Crippen molar-refractivity contribution >= 4 is 63.2 Å². The Kier molecular flexibility index (Phi) is 10.0. The molecule has 0 aliphatic carbocycles. The number of aromatic nitrogens is 1. The number of benzene rings is 1. The van der Waals surface area contributed by atoms with Gasteiger partial charge >= 0.3 is 5.97 Å². The van der Waals surface area contributed by atoms with Crippen molar-refractivity contribution in [3.05, 3.63) is 52.5 Å². The van der Waals surface area contributed by atoms with Gasteiger partial charge < -0.3 is 26.4 Å². The number of nitrogen functional groups attached to an aromatic ring is 1. The molecule has 0 spiro atoms. The molecule has 224 valence electrons. The number of carbonyl (C=O) groups is 4. The number of nitrogens with two attached hydrogens (primary N) is 1. The summed E-state index contributed by atoms with van der Waals surface area (Å²) >= 11 is 2.82. The molecule has 1 aromatic heterocycles. The van der Waals surface area contributed by atoms with Crippen molar-refractivity contribution in [3.8, 4) is 0 Å².